The van der Waals surface area contributed by atoms with Gasteiger partial charge >= 0.3 is 0 Å². The molecule has 2 aromatic heterocycles. The number of ether oxygens (including phenoxy) is 1. The Hall–Kier alpha value is -3.78. The number of imidazole rings is 1. The van der Waals surface area contributed by atoms with Gasteiger partial charge < -0.3 is 19.9 Å². The summed E-state index contributed by atoms with van der Waals surface area (Å²) < 4.78 is 21.0. The number of halogens is 1. The summed E-state index contributed by atoms with van der Waals surface area (Å²) in [5, 5.41) is 6.67. The zero-order valence-corrected chi connectivity index (χ0v) is 18.3. The van der Waals surface area contributed by atoms with Crippen molar-refractivity contribution < 1.29 is 9.13 Å². The van der Waals surface area contributed by atoms with E-state index in [1.165, 1.54) is 12.1 Å². The van der Waals surface area contributed by atoms with Crippen LogP contribution in [0.15, 0.2) is 67.0 Å². The molecule has 5 rings (SSSR count). The lowest BCUT2D eigenvalue weighted by molar-refractivity contribution is 0.373. The highest BCUT2D eigenvalue weighted by Crippen LogP contribution is 2.33. The summed E-state index contributed by atoms with van der Waals surface area (Å²) >= 11 is 0. The third-order valence-corrected chi connectivity index (χ3v) is 5.84. The van der Waals surface area contributed by atoms with Crippen LogP contribution < -0.4 is 15.4 Å². The minimum Gasteiger partial charge on any atom is -0.497 e. The van der Waals surface area contributed by atoms with Crippen LogP contribution in [-0.2, 0) is 0 Å². The molecular formula is C25H25FN6O. The van der Waals surface area contributed by atoms with E-state index < -0.39 is 0 Å². The second-order valence-corrected chi connectivity index (χ2v) is 7.94. The van der Waals surface area contributed by atoms with Crippen molar-refractivity contribution in [1.82, 2.24) is 24.8 Å². The van der Waals surface area contributed by atoms with Crippen LogP contribution in [0.1, 0.15) is 18.9 Å². The van der Waals surface area contributed by atoms with Crippen LogP contribution in [-0.4, -0.2) is 39.7 Å². The van der Waals surface area contributed by atoms with Gasteiger partial charge in [-0.05, 0) is 80.5 Å². The maximum atomic E-state index is 13.5. The molecule has 0 amide bonds. The van der Waals surface area contributed by atoms with E-state index in [1.54, 1.807) is 25.4 Å². The number of hydrogen-bond donors (Lipinski definition) is 2. The summed E-state index contributed by atoms with van der Waals surface area (Å²) in [4.78, 5) is 13.9. The predicted molar refractivity (Wildman–Crippen MR) is 126 cm³/mol. The Morgan fingerprint density at radius 3 is 2.48 bits per heavy atom. The summed E-state index contributed by atoms with van der Waals surface area (Å²) in [5.74, 6) is 1.85. The van der Waals surface area contributed by atoms with Crippen molar-refractivity contribution in [2.45, 2.75) is 18.9 Å². The Morgan fingerprint density at radius 1 is 1.00 bits per heavy atom. The lowest BCUT2D eigenvalue weighted by Gasteiger charge is -2.27. The molecule has 8 heteroatoms. The zero-order chi connectivity index (χ0) is 22.6. The smallest absolute Gasteiger partial charge is 0.227 e. The van der Waals surface area contributed by atoms with Crippen LogP contribution in [0.3, 0.4) is 0 Å². The Kier molecular flexibility index (Phi) is 5.99. The SMILES string of the molecule is COc1ccc(Nc2nccc(-c3cnc(-c4ccc(F)cc4)n3C3CCNCC3)n2)cc1. The molecule has 7 nitrogen and oxygen atoms in total. The minimum atomic E-state index is -0.260. The fraction of sp³-hybridized carbons (Fsp3) is 0.240. The average Bonchev–Trinajstić information content (AvgIpc) is 3.31. The fourth-order valence-electron chi connectivity index (χ4n) is 4.16. The molecule has 0 radical (unpaired) electrons. The second-order valence-electron chi connectivity index (χ2n) is 7.94. The molecule has 168 valence electrons. The molecule has 0 saturated carbocycles. The summed E-state index contributed by atoms with van der Waals surface area (Å²) in [7, 11) is 1.64. The lowest BCUT2D eigenvalue weighted by Crippen LogP contribution is -2.30. The van der Waals surface area contributed by atoms with Crippen molar-refractivity contribution in [1.29, 1.82) is 0 Å². The summed E-state index contributed by atoms with van der Waals surface area (Å²) in [5.41, 5.74) is 3.44. The Morgan fingerprint density at radius 2 is 1.76 bits per heavy atom. The number of nitrogens with one attached hydrogen (secondary N) is 2. The first-order valence-electron chi connectivity index (χ1n) is 11.0. The van der Waals surface area contributed by atoms with E-state index in [0.29, 0.717) is 5.95 Å². The van der Waals surface area contributed by atoms with Crippen molar-refractivity contribution in [3.63, 3.8) is 0 Å². The van der Waals surface area contributed by atoms with Crippen molar-refractivity contribution in [2.75, 3.05) is 25.5 Å². The third kappa shape index (κ3) is 4.56. The van der Waals surface area contributed by atoms with Gasteiger partial charge in [0.15, 0.2) is 0 Å². The maximum Gasteiger partial charge on any atom is 0.227 e. The van der Waals surface area contributed by atoms with Crippen LogP contribution in [0.25, 0.3) is 22.8 Å². The second kappa shape index (κ2) is 9.38. The van der Waals surface area contributed by atoms with Crippen LogP contribution in [0, 0.1) is 5.82 Å². The molecule has 1 saturated heterocycles. The lowest BCUT2D eigenvalue weighted by atomic mass is 10.0. The fourth-order valence-corrected chi connectivity index (χ4v) is 4.16. The van der Waals surface area contributed by atoms with Gasteiger partial charge in [-0.25, -0.2) is 19.3 Å². The Bertz CT molecular complexity index is 1220. The number of anilines is 2. The standard InChI is InChI=1S/C25H25FN6O/c1-33-21-8-6-19(7-9-21)30-25-28-15-12-22(31-25)23-16-29-24(17-2-4-18(26)5-3-17)32(23)20-10-13-27-14-11-20/h2-9,12,15-16,20,27H,10-11,13-14H2,1H3,(H,28,30,31). The first kappa shape index (κ1) is 21.1. The largest absolute Gasteiger partial charge is 0.497 e. The first-order valence-corrected chi connectivity index (χ1v) is 11.0. The minimum absolute atomic E-state index is 0.260. The molecule has 0 unspecified atom stereocenters. The zero-order valence-electron chi connectivity index (χ0n) is 18.3. The molecule has 1 aliphatic heterocycles. The predicted octanol–water partition coefficient (Wildman–Crippen LogP) is 4.82. The molecule has 0 spiro atoms. The van der Waals surface area contributed by atoms with Crippen molar-refractivity contribution in [3.8, 4) is 28.5 Å². The molecule has 1 fully saturated rings. The van der Waals surface area contributed by atoms with E-state index in [1.807, 2.05) is 36.5 Å². The highest BCUT2D eigenvalue weighted by molar-refractivity contribution is 5.65. The molecule has 3 heterocycles. The number of nitrogens with zero attached hydrogens (tertiary/aromatic N) is 4. The van der Waals surface area contributed by atoms with Gasteiger partial charge in [0.05, 0.1) is 24.7 Å². The molecule has 0 aliphatic carbocycles. The van der Waals surface area contributed by atoms with Gasteiger partial charge in [0, 0.05) is 23.5 Å². The molecule has 1 aliphatic rings. The summed E-state index contributed by atoms with van der Waals surface area (Å²) in [6, 6.07) is 16.3. The number of aromatic nitrogens is 4. The van der Waals surface area contributed by atoms with E-state index in [0.717, 1.165) is 60.1 Å². The summed E-state index contributed by atoms with van der Waals surface area (Å²) in [6.07, 6.45) is 5.56. The van der Waals surface area contributed by atoms with Gasteiger partial charge in [0.2, 0.25) is 5.95 Å². The molecule has 2 N–H and O–H groups in total. The van der Waals surface area contributed by atoms with Crippen LogP contribution in [0.4, 0.5) is 16.0 Å². The molecule has 4 aromatic rings. The number of rotatable bonds is 6. The highest BCUT2D eigenvalue weighted by Gasteiger charge is 2.23. The Labute approximate surface area is 191 Å². The van der Waals surface area contributed by atoms with E-state index in [-0.39, 0.29) is 11.9 Å². The van der Waals surface area contributed by atoms with Crippen molar-refractivity contribution in [3.05, 3.63) is 72.8 Å². The summed E-state index contributed by atoms with van der Waals surface area (Å²) in [6.45, 7) is 1.89. The topological polar surface area (TPSA) is 76.9 Å². The van der Waals surface area contributed by atoms with Crippen LogP contribution >= 0.6 is 0 Å². The van der Waals surface area contributed by atoms with E-state index in [9.17, 15) is 4.39 Å². The highest BCUT2D eigenvalue weighted by atomic mass is 19.1. The third-order valence-electron chi connectivity index (χ3n) is 5.84. The number of methoxy groups -OCH3 is 1. The van der Waals surface area contributed by atoms with Crippen molar-refractivity contribution >= 4 is 11.6 Å². The van der Waals surface area contributed by atoms with Gasteiger partial charge in [0.1, 0.15) is 17.4 Å². The number of hydrogen-bond acceptors (Lipinski definition) is 6. The van der Waals surface area contributed by atoms with E-state index in [4.69, 9.17) is 14.7 Å². The normalized spacial score (nSPS) is 14.2. The van der Waals surface area contributed by atoms with Gasteiger partial charge in [-0.3, -0.25) is 0 Å². The quantitative estimate of drug-likeness (QED) is 0.444. The van der Waals surface area contributed by atoms with Crippen molar-refractivity contribution in [2.24, 2.45) is 0 Å². The van der Waals surface area contributed by atoms with E-state index >= 15 is 0 Å². The molecule has 0 atom stereocenters. The van der Waals surface area contributed by atoms with Gasteiger partial charge in [-0.2, -0.15) is 0 Å². The van der Waals surface area contributed by atoms with Gasteiger partial charge in [0.25, 0.3) is 0 Å². The number of piperidine rings is 1. The van der Waals surface area contributed by atoms with Crippen LogP contribution in [0.2, 0.25) is 0 Å². The number of benzene rings is 2. The first-order chi connectivity index (χ1) is 16.2. The molecular weight excluding hydrogens is 419 g/mol. The molecule has 0 bridgehead atoms. The van der Waals surface area contributed by atoms with Gasteiger partial charge in [-0.1, -0.05) is 0 Å². The average molecular weight is 445 g/mol. The van der Waals surface area contributed by atoms with Crippen LogP contribution in [0.5, 0.6) is 5.75 Å². The monoisotopic (exact) mass is 444 g/mol. The van der Waals surface area contributed by atoms with Gasteiger partial charge in [-0.15, -0.1) is 0 Å². The molecule has 2 aromatic carbocycles. The Balaban J connectivity index is 1.51. The van der Waals surface area contributed by atoms with E-state index in [2.05, 4.69) is 20.2 Å². The maximum absolute atomic E-state index is 13.5. The molecule has 33 heavy (non-hydrogen) atoms.